The Balaban J connectivity index is 2.01. The van der Waals surface area contributed by atoms with Gasteiger partial charge in [-0.3, -0.25) is 4.79 Å². The zero-order chi connectivity index (χ0) is 19.9. The highest BCUT2D eigenvalue weighted by Gasteiger charge is 2.18. The summed E-state index contributed by atoms with van der Waals surface area (Å²) in [6.07, 6.45) is 0.583. The molecule has 0 atom stereocenters. The average Bonchev–Trinajstić information content (AvgIpc) is 2.61. The molecule has 144 valence electrons. The average molecular weight is 371 g/mol. The van der Waals surface area contributed by atoms with Crippen LogP contribution in [0.5, 0.6) is 0 Å². The van der Waals surface area contributed by atoms with Crippen LogP contribution in [0.3, 0.4) is 0 Å². The molecule has 0 bridgehead atoms. The third-order valence-electron chi connectivity index (χ3n) is 3.74. The summed E-state index contributed by atoms with van der Waals surface area (Å²) in [6.45, 7) is 6.58. The topological polar surface area (TPSA) is 61.4 Å². The van der Waals surface area contributed by atoms with Gasteiger partial charge >= 0.3 is 6.03 Å². The highest BCUT2D eigenvalue weighted by molar-refractivity contribution is 6.06. The molecule has 0 aliphatic heterocycles. The highest BCUT2D eigenvalue weighted by Crippen LogP contribution is 2.17. The number of para-hydroxylation sites is 1. The SMILES string of the molecule is CC(C)(C)NC(=O)NCCCN(C(=O)c1ccc(F)cc1)c1ccccc1. The quantitative estimate of drug-likeness (QED) is 0.755. The molecule has 2 N–H and O–H groups in total. The van der Waals surface area contributed by atoms with Crippen LogP contribution in [-0.2, 0) is 0 Å². The van der Waals surface area contributed by atoms with Gasteiger partial charge in [0.05, 0.1) is 0 Å². The summed E-state index contributed by atoms with van der Waals surface area (Å²) in [5.74, 6) is -0.591. The van der Waals surface area contributed by atoms with Gasteiger partial charge < -0.3 is 15.5 Å². The van der Waals surface area contributed by atoms with Gasteiger partial charge in [-0.15, -0.1) is 0 Å². The van der Waals surface area contributed by atoms with Gasteiger partial charge in [0.2, 0.25) is 0 Å². The fourth-order valence-electron chi connectivity index (χ4n) is 2.53. The van der Waals surface area contributed by atoms with Gasteiger partial charge in [0.15, 0.2) is 0 Å². The molecule has 2 aromatic rings. The minimum atomic E-state index is -0.383. The molecule has 2 rings (SSSR count). The smallest absolute Gasteiger partial charge is 0.315 e. The van der Waals surface area contributed by atoms with E-state index in [2.05, 4.69) is 10.6 Å². The third-order valence-corrected chi connectivity index (χ3v) is 3.74. The van der Waals surface area contributed by atoms with Crippen molar-refractivity contribution in [3.63, 3.8) is 0 Å². The summed E-state index contributed by atoms with van der Waals surface area (Å²) >= 11 is 0. The number of nitrogens with zero attached hydrogens (tertiary/aromatic N) is 1. The Morgan fingerprint density at radius 3 is 2.22 bits per heavy atom. The second kappa shape index (κ2) is 9.16. The van der Waals surface area contributed by atoms with Gasteiger partial charge in [0.25, 0.3) is 5.91 Å². The number of carbonyl (C=O) groups excluding carboxylic acids is 2. The van der Waals surface area contributed by atoms with Crippen LogP contribution < -0.4 is 15.5 Å². The van der Waals surface area contributed by atoms with Crippen LogP contribution in [0.2, 0.25) is 0 Å². The minimum absolute atomic E-state index is 0.208. The van der Waals surface area contributed by atoms with Crippen LogP contribution in [0.15, 0.2) is 54.6 Å². The van der Waals surface area contributed by atoms with Crippen molar-refractivity contribution in [2.45, 2.75) is 32.7 Å². The third kappa shape index (κ3) is 6.73. The Morgan fingerprint density at radius 2 is 1.63 bits per heavy atom. The van der Waals surface area contributed by atoms with Crippen molar-refractivity contribution in [2.75, 3.05) is 18.0 Å². The molecule has 5 nitrogen and oxygen atoms in total. The summed E-state index contributed by atoms with van der Waals surface area (Å²) in [4.78, 5) is 26.3. The van der Waals surface area contributed by atoms with Gasteiger partial charge in [-0.1, -0.05) is 18.2 Å². The molecule has 6 heteroatoms. The maximum Gasteiger partial charge on any atom is 0.315 e. The lowest BCUT2D eigenvalue weighted by molar-refractivity contribution is 0.0986. The number of urea groups is 1. The predicted molar refractivity (Wildman–Crippen MR) is 105 cm³/mol. The molecule has 0 heterocycles. The molecule has 0 radical (unpaired) electrons. The molecule has 0 saturated heterocycles. The molecular formula is C21H26FN3O2. The largest absolute Gasteiger partial charge is 0.338 e. The molecule has 0 saturated carbocycles. The van der Waals surface area contributed by atoms with Crippen molar-refractivity contribution >= 4 is 17.6 Å². The standard InChI is InChI=1S/C21H26FN3O2/c1-21(2,3)24-20(27)23-14-7-15-25(18-8-5-4-6-9-18)19(26)16-10-12-17(22)13-11-16/h4-6,8-13H,7,14-15H2,1-3H3,(H2,23,24,27). The Morgan fingerprint density at radius 1 is 1.00 bits per heavy atom. The molecule has 2 aromatic carbocycles. The van der Waals surface area contributed by atoms with E-state index in [0.717, 1.165) is 5.69 Å². The second-order valence-electron chi connectivity index (χ2n) is 7.28. The fourth-order valence-corrected chi connectivity index (χ4v) is 2.53. The molecule has 0 fully saturated rings. The first-order valence-corrected chi connectivity index (χ1v) is 8.95. The van der Waals surface area contributed by atoms with E-state index in [1.165, 1.54) is 24.3 Å². The highest BCUT2D eigenvalue weighted by atomic mass is 19.1. The number of halogens is 1. The number of rotatable bonds is 6. The summed E-state index contributed by atoms with van der Waals surface area (Å²) < 4.78 is 13.1. The summed E-state index contributed by atoms with van der Waals surface area (Å²) in [7, 11) is 0. The lowest BCUT2D eigenvalue weighted by Gasteiger charge is -2.24. The zero-order valence-electron chi connectivity index (χ0n) is 16.0. The van der Waals surface area contributed by atoms with E-state index in [-0.39, 0.29) is 23.3 Å². The number of amides is 3. The van der Waals surface area contributed by atoms with Gasteiger partial charge in [0, 0.05) is 29.9 Å². The van der Waals surface area contributed by atoms with Crippen molar-refractivity contribution in [2.24, 2.45) is 0 Å². The number of carbonyl (C=O) groups is 2. The number of hydrogen-bond acceptors (Lipinski definition) is 2. The number of anilines is 1. The van der Waals surface area contributed by atoms with Crippen LogP contribution in [0.25, 0.3) is 0 Å². The van der Waals surface area contributed by atoms with Crippen molar-refractivity contribution in [3.05, 3.63) is 66.0 Å². The molecular weight excluding hydrogens is 345 g/mol. The van der Waals surface area contributed by atoms with Crippen LogP contribution in [0, 0.1) is 5.82 Å². The monoisotopic (exact) mass is 371 g/mol. The van der Waals surface area contributed by atoms with Crippen LogP contribution in [0.4, 0.5) is 14.9 Å². The van der Waals surface area contributed by atoms with E-state index in [1.807, 2.05) is 51.1 Å². The molecule has 27 heavy (non-hydrogen) atoms. The maximum atomic E-state index is 13.1. The van der Waals surface area contributed by atoms with E-state index in [0.29, 0.717) is 25.1 Å². The lowest BCUT2D eigenvalue weighted by atomic mass is 10.1. The van der Waals surface area contributed by atoms with E-state index in [1.54, 1.807) is 4.90 Å². The van der Waals surface area contributed by atoms with E-state index in [9.17, 15) is 14.0 Å². The lowest BCUT2D eigenvalue weighted by Crippen LogP contribution is -2.47. The molecule has 0 aliphatic carbocycles. The Kier molecular flexibility index (Phi) is 6.93. The molecule has 0 unspecified atom stereocenters. The Hall–Kier alpha value is -2.89. The van der Waals surface area contributed by atoms with E-state index >= 15 is 0 Å². The maximum absolute atomic E-state index is 13.1. The Labute approximate surface area is 159 Å². The van der Waals surface area contributed by atoms with Crippen LogP contribution in [0.1, 0.15) is 37.6 Å². The normalized spacial score (nSPS) is 11.0. The zero-order valence-corrected chi connectivity index (χ0v) is 16.0. The van der Waals surface area contributed by atoms with Gasteiger partial charge in [-0.25, -0.2) is 9.18 Å². The summed E-state index contributed by atoms with van der Waals surface area (Å²) in [5, 5.41) is 5.62. The van der Waals surface area contributed by atoms with Crippen molar-refractivity contribution in [1.82, 2.24) is 10.6 Å². The summed E-state index contributed by atoms with van der Waals surface area (Å²) in [5.41, 5.74) is 0.864. The predicted octanol–water partition coefficient (Wildman–Crippen LogP) is 3.96. The fraction of sp³-hybridized carbons (Fsp3) is 0.333. The number of nitrogens with one attached hydrogen (secondary N) is 2. The van der Waals surface area contributed by atoms with Crippen molar-refractivity contribution in [3.8, 4) is 0 Å². The first kappa shape index (κ1) is 20.4. The van der Waals surface area contributed by atoms with Gasteiger partial charge in [-0.2, -0.15) is 0 Å². The molecule has 0 aliphatic rings. The van der Waals surface area contributed by atoms with Crippen molar-refractivity contribution < 1.29 is 14.0 Å². The molecule has 0 spiro atoms. The molecule has 0 aromatic heterocycles. The van der Waals surface area contributed by atoms with Crippen LogP contribution >= 0.6 is 0 Å². The first-order chi connectivity index (χ1) is 12.8. The summed E-state index contributed by atoms with van der Waals surface area (Å²) in [6, 6.07) is 14.5. The molecule has 3 amide bonds. The number of hydrogen-bond donors (Lipinski definition) is 2. The minimum Gasteiger partial charge on any atom is -0.338 e. The Bertz CT molecular complexity index is 755. The first-order valence-electron chi connectivity index (χ1n) is 8.95. The van der Waals surface area contributed by atoms with Gasteiger partial charge in [0.1, 0.15) is 5.82 Å². The van der Waals surface area contributed by atoms with E-state index < -0.39 is 0 Å². The van der Waals surface area contributed by atoms with Crippen LogP contribution in [-0.4, -0.2) is 30.6 Å². The van der Waals surface area contributed by atoms with Crippen molar-refractivity contribution in [1.29, 1.82) is 0 Å². The number of benzene rings is 2. The van der Waals surface area contributed by atoms with E-state index in [4.69, 9.17) is 0 Å². The van der Waals surface area contributed by atoms with Gasteiger partial charge in [-0.05, 0) is 63.6 Å². The second-order valence-corrected chi connectivity index (χ2v) is 7.28.